The van der Waals surface area contributed by atoms with E-state index in [9.17, 15) is 18.4 Å². The lowest BCUT2D eigenvalue weighted by atomic mass is 10.2. The topological polar surface area (TPSA) is 64.6 Å². The zero-order chi connectivity index (χ0) is 19.1. The minimum Gasteiger partial charge on any atom is -0.494 e. The van der Waals surface area contributed by atoms with E-state index in [1.807, 2.05) is 0 Å². The molecule has 0 saturated heterocycles. The van der Waals surface area contributed by atoms with Gasteiger partial charge in [0.05, 0.1) is 7.11 Å². The minimum absolute atomic E-state index is 0.0933. The summed E-state index contributed by atoms with van der Waals surface area (Å²) in [5, 5.41) is 2.50. The molecule has 5 nitrogen and oxygen atoms in total. The lowest BCUT2D eigenvalue weighted by Gasteiger charge is -2.12. The molecule has 7 heteroatoms. The highest BCUT2D eigenvalue weighted by molar-refractivity contribution is 5.96. The van der Waals surface area contributed by atoms with Crippen LogP contribution in [0.5, 0.6) is 5.75 Å². The number of amides is 1. The van der Waals surface area contributed by atoms with E-state index < -0.39 is 29.6 Å². The highest BCUT2D eigenvalue weighted by atomic mass is 19.1. The molecule has 2 rings (SSSR count). The molecule has 26 heavy (non-hydrogen) atoms. The summed E-state index contributed by atoms with van der Waals surface area (Å²) in [6.45, 7) is 1.40. The number of carbonyl (C=O) groups excluding carboxylic acids is 2. The molecule has 1 amide bonds. The largest absolute Gasteiger partial charge is 0.494 e. The third-order valence-corrected chi connectivity index (χ3v) is 3.36. The Hall–Kier alpha value is -3.22. The number of hydrogen-bond acceptors (Lipinski definition) is 4. The summed E-state index contributed by atoms with van der Waals surface area (Å²) in [5.41, 5.74) is 0.812. The standard InChI is InChI=1S/C19H17F2NO4/c1-12(19(24)22-15-7-5-14(20)6-8-15)26-18(23)10-4-13-3-9-17(25-2)16(21)11-13/h3-12H,1-2H3,(H,22,24)/b10-4+/t12-/m0/s1. The second-order valence-corrected chi connectivity index (χ2v) is 5.30. The number of nitrogens with one attached hydrogen (secondary N) is 1. The zero-order valence-electron chi connectivity index (χ0n) is 14.2. The molecule has 0 aliphatic rings. The molecule has 0 aliphatic heterocycles. The molecule has 0 heterocycles. The fraction of sp³-hybridized carbons (Fsp3) is 0.158. The maximum absolute atomic E-state index is 13.6. The van der Waals surface area contributed by atoms with E-state index in [0.29, 0.717) is 11.3 Å². The van der Waals surface area contributed by atoms with E-state index in [4.69, 9.17) is 9.47 Å². The summed E-state index contributed by atoms with van der Waals surface area (Å²) < 4.78 is 36.2. The van der Waals surface area contributed by atoms with Crippen LogP contribution >= 0.6 is 0 Å². The van der Waals surface area contributed by atoms with Gasteiger partial charge in [-0.15, -0.1) is 0 Å². The monoisotopic (exact) mass is 361 g/mol. The fourth-order valence-electron chi connectivity index (χ4n) is 1.99. The number of rotatable bonds is 6. The van der Waals surface area contributed by atoms with Crippen LogP contribution in [0.15, 0.2) is 48.5 Å². The highest BCUT2D eigenvalue weighted by Gasteiger charge is 2.16. The third-order valence-electron chi connectivity index (χ3n) is 3.36. The van der Waals surface area contributed by atoms with Crippen molar-refractivity contribution in [3.63, 3.8) is 0 Å². The number of benzene rings is 2. The number of esters is 1. The van der Waals surface area contributed by atoms with Crippen LogP contribution in [0.2, 0.25) is 0 Å². The lowest BCUT2D eigenvalue weighted by molar-refractivity contribution is -0.148. The van der Waals surface area contributed by atoms with Crippen molar-refractivity contribution < 1.29 is 27.8 Å². The van der Waals surface area contributed by atoms with Gasteiger partial charge >= 0.3 is 5.97 Å². The van der Waals surface area contributed by atoms with Gasteiger partial charge in [0.15, 0.2) is 17.7 Å². The summed E-state index contributed by atoms with van der Waals surface area (Å²) in [7, 11) is 1.35. The van der Waals surface area contributed by atoms with Crippen LogP contribution in [0.3, 0.4) is 0 Å². The average Bonchev–Trinajstić information content (AvgIpc) is 2.62. The molecule has 0 saturated carbocycles. The Kier molecular flexibility index (Phi) is 6.43. The van der Waals surface area contributed by atoms with Crippen LogP contribution in [0.4, 0.5) is 14.5 Å². The van der Waals surface area contributed by atoms with E-state index in [1.54, 1.807) is 6.07 Å². The van der Waals surface area contributed by atoms with Gasteiger partial charge in [0.2, 0.25) is 0 Å². The molecule has 0 fully saturated rings. The van der Waals surface area contributed by atoms with Crippen LogP contribution in [-0.4, -0.2) is 25.1 Å². The van der Waals surface area contributed by atoms with Crippen molar-refractivity contribution in [1.29, 1.82) is 0 Å². The smallest absolute Gasteiger partial charge is 0.331 e. The van der Waals surface area contributed by atoms with Gasteiger partial charge in [-0.3, -0.25) is 4.79 Å². The zero-order valence-corrected chi connectivity index (χ0v) is 14.2. The Morgan fingerprint density at radius 1 is 1.12 bits per heavy atom. The van der Waals surface area contributed by atoms with Crippen molar-refractivity contribution in [3.05, 3.63) is 65.7 Å². The Morgan fingerprint density at radius 3 is 2.42 bits per heavy atom. The number of anilines is 1. The number of carbonyl (C=O) groups is 2. The van der Waals surface area contributed by atoms with E-state index >= 15 is 0 Å². The van der Waals surface area contributed by atoms with Crippen LogP contribution in [0.1, 0.15) is 12.5 Å². The Balaban J connectivity index is 1.90. The van der Waals surface area contributed by atoms with Crippen LogP contribution < -0.4 is 10.1 Å². The van der Waals surface area contributed by atoms with Gasteiger partial charge < -0.3 is 14.8 Å². The molecular formula is C19H17F2NO4. The second kappa shape index (κ2) is 8.75. The molecule has 1 N–H and O–H groups in total. The van der Waals surface area contributed by atoms with E-state index in [0.717, 1.165) is 6.08 Å². The van der Waals surface area contributed by atoms with Gasteiger partial charge in [-0.05, 0) is 55.0 Å². The van der Waals surface area contributed by atoms with E-state index in [-0.39, 0.29) is 5.75 Å². The first-order valence-electron chi connectivity index (χ1n) is 7.67. The van der Waals surface area contributed by atoms with Gasteiger partial charge in [0.1, 0.15) is 5.82 Å². The molecular weight excluding hydrogens is 344 g/mol. The van der Waals surface area contributed by atoms with Gasteiger partial charge in [0, 0.05) is 11.8 Å². The first-order chi connectivity index (χ1) is 12.4. The maximum atomic E-state index is 13.6. The normalized spacial score (nSPS) is 11.8. The van der Waals surface area contributed by atoms with Gasteiger partial charge in [-0.1, -0.05) is 6.07 Å². The summed E-state index contributed by atoms with van der Waals surface area (Å²) in [4.78, 5) is 23.7. The molecule has 0 bridgehead atoms. The number of halogens is 2. The first-order valence-corrected chi connectivity index (χ1v) is 7.67. The highest BCUT2D eigenvalue weighted by Crippen LogP contribution is 2.18. The van der Waals surface area contributed by atoms with E-state index in [2.05, 4.69) is 5.32 Å². The first kappa shape index (κ1) is 19.1. The fourth-order valence-corrected chi connectivity index (χ4v) is 1.99. The quantitative estimate of drug-likeness (QED) is 0.631. The molecule has 136 valence electrons. The Morgan fingerprint density at radius 2 is 1.81 bits per heavy atom. The van der Waals surface area contributed by atoms with Crippen molar-refractivity contribution in [2.24, 2.45) is 0 Å². The molecule has 2 aromatic rings. The molecule has 1 atom stereocenters. The number of methoxy groups -OCH3 is 1. The van der Waals surface area contributed by atoms with E-state index in [1.165, 1.54) is 56.5 Å². The van der Waals surface area contributed by atoms with Crippen molar-refractivity contribution in [2.45, 2.75) is 13.0 Å². The number of hydrogen-bond donors (Lipinski definition) is 1. The van der Waals surface area contributed by atoms with Gasteiger partial charge in [0.25, 0.3) is 5.91 Å². The van der Waals surface area contributed by atoms with Gasteiger partial charge in [-0.2, -0.15) is 0 Å². The van der Waals surface area contributed by atoms with Crippen LogP contribution in [-0.2, 0) is 14.3 Å². The number of ether oxygens (including phenoxy) is 2. The summed E-state index contributed by atoms with van der Waals surface area (Å²) in [5.74, 6) is -2.22. The third kappa shape index (κ3) is 5.41. The second-order valence-electron chi connectivity index (χ2n) is 5.30. The summed E-state index contributed by atoms with van der Waals surface area (Å²) in [6, 6.07) is 9.37. The maximum Gasteiger partial charge on any atom is 0.331 e. The molecule has 0 aromatic heterocycles. The molecule has 0 radical (unpaired) electrons. The summed E-state index contributed by atoms with van der Waals surface area (Å²) >= 11 is 0. The molecule has 2 aromatic carbocycles. The molecule has 0 aliphatic carbocycles. The van der Waals surface area contributed by atoms with Crippen LogP contribution in [0.25, 0.3) is 6.08 Å². The lowest BCUT2D eigenvalue weighted by Crippen LogP contribution is -2.29. The predicted octanol–water partition coefficient (Wildman–Crippen LogP) is 3.56. The Labute approximate surface area is 149 Å². The van der Waals surface area contributed by atoms with Crippen LogP contribution in [0, 0.1) is 11.6 Å². The van der Waals surface area contributed by atoms with Crippen molar-refractivity contribution in [2.75, 3.05) is 12.4 Å². The molecule has 0 spiro atoms. The Bertz CT molecular complexity index is 819. The predicted molar refractivity (Wildman–Crippen MR) is 92.6 cm³/mol. The minimum atomic E-state index is -1.06. The van der Waals surface area contributed by atoms with Crippen molar-refractivity contribution in [3.8, 4) is 5.75 Å². The molecule has 0 unspecified atom stereocenters. The van der Waals surface area contributed by atoms with Crippen molar-refractivity contribution >= 4 is 23.6 Å². The summed E-state index contributed by atoms with van der Waals surface area (Å²) in [6.07, 6.45) is 1.38. The van der Waals surface area contributed by atoms with Gasteiger partial charge in [-0.25, -0.2) is 13.6 Å². The van der Waals surface area contributed by atoms with Crippen molar-refractivity contribution in [1.82, 2.24) is 0 Å². The average molecular weight is 361 g/mol. The SMILES string of the molecule is COc1ccc(/C=C/C(=O)O[C@@H](C)C(=O)Nc2ccc(F)cc2)cc1F.